The van der Waals surface area contributed by atoms with Crippen LogP contribution in [-0.2, 0) is 16.6 Å². The normalized spacial score (nSPS) is 19.6. The van der Waals surface area contributed by atoms with E-state index in [1.165, 1.54) is 0 Å². The summed E-state index contributed by atoms with van der Waals surface area (Å²) in [6.45, 7) is 2.26. The summed E-state index contributed by atoms with van der Waals surface area (Å²) in [5.74, 6) is 0.769. The first-order chi connectivity index (χ1) is 9.19. The predicted molar refractivity (Wildman–Crippen MR) is 69.7 cm³/mol. The summed E-state index contributed by atoms with van der Waals surface area (Å²) in [7, 11) is 0. The van der Waals surface area contributed by atoms with E-state index >= 15 is 0 Å². The molecule has 1 aromatic rings. The summed E-state index contributed by atoms with van der Waals surface area (Å²) in [4.78, 5) is 11.8. The van der Waals surface area contributed by atoms with Gasteiger partial charge in [-0.2, -0.15) is 0 Å². The summed E-state index contributed by atoms with van der Waals surface area (Å²) < 4.78 is 10.9. The number of hydrogen-bond acceptors (Lipinski definition) is 3. The van der Waals surface area contributed by atoms with Crippen LogP contribution in [0.15, 0.2) is 12.1 Å². The van der Waals surface area contributed by atoms with E-state index in [-0.39, 0.29) is 6.79 Å². The van der Waals surface area contributed by atoms with Crippen molar-refractivity contribution in [1.82, 2.24) is 0 Å². The van der Waals surface area contributed by atoms with Gasteiger partial charge in [0.2, 0.25) is 6.79 Å². The molecule has 0 amide bonds. The highest BCUT2D eigenvalue weighted by atomic mass is 16.7. The standard InChI is InChI=1S/C15H18O4/c1-2-10-11(5-6-12-13(10)19-9-18-12)15(14(16)17)7-3-4-8-15/h5-6H,2-4,7-9H2,1H3,(H,16,17). The van der Waals surface area contributed by atoms with Crippen LogP contribution in [0.5, 0.6) is 11.5 Å². The smallest absolute Gasteiger partial charge is 0.314 e. The van der Waals surface area contributed by atoms with Crippen LogP contribution in [0, 0.1) is 0 Å². The molecule has 0 radical (unpaired) electrons. The van der Waals surface area contributed by atoms with Crippen molar-refractivity contribution in [3.8, 4) is 11.5 Å². The fourth-order valence-corrected chi connectivity index (χ4v) is 3.41. The summed E-state index contributed by atoms with van der Waals surface area (Å²) in [6, 6.07) is 3.77. The van der Waals surface area contributed by atoms with Crippen LogP contribution < -0.4 is 9.47 Å². The van der Waals surface area contributed by atoms with Crippen molar-refractivity contribution < 1.29 is 19.4 Å². The molecular formula is C15H18O4. The average molecular weight is 262 g/mol. The predicted octanol–water partition coefficient (Wildman–Crippen LogP) is 2.87. The molecule has 1 aliphatic heterocycles. The van der Waals surface area contributed by atoms with Crippen LogP contribution in [0.2, 0.25) is 0 Å². The minimum absolute atomic E-state index is 0.228. The monoisotopic (exact) mass is 262 g/mol. The Labute approximate surface area is 112 Å². The number of carboxylic acid groups (broad SMARTS) is 1. The molecule has 1 N–H and O–H groups in total. The number of carboxylic acids is 1. The minimum Gasteiger partial charge on any atom is -0.481 e. The van der Waals surface area contributed by atoms with E-state index < -0.39 is 11.4 Å². The maximum Gasteiger partial charge on any atom is 0.314 e. The topological polar surface area (TPSA) is 55.8 Å². The molecule has 1 aliphatic carbocycles. The Kier molecular flexibility index (Phi) is 2.88. The van der Waals surface area contributed by atoms with Gasteiger partial charge in [-0.15, -0.1) is 0 Å². The lowest BCUT2D eigenvalue weighted by Crippen LogP contribution is -2.33. The Bertz CT molecular complexity index is 515. The zero-order valence-corrected chi connectivity index (χ0v) is 11.1. The molecule has 0 atom stereocenters. The van der Waals surface area contributed by atoms with Crippen molar-refractivity contribution in [3.63, 3.8) is 0 Å². The summed E-state index contributed by atoms with van der Waals surface area (Å²) in [6.07, 6.45) is 4.15. The molecule has 0 bridgehead atoms. The first kappa shape index (κ1) is 12.3. The van der Waals surface area contributed by atoms with E-state index in [1.54, 1.807) is 0 Å². The molecule has 0 saturated heterocycles. The highest BCUT2D eigenvalue weighted by Gasteiger charge is 2.45. The number of aliphatic carboxylic acids is 1. The zero-order chi connectivity index (χ0) is 13.5. The van der Waals surface area contributed by atoms with Gasteiger partial charge in [0.1, 0.15) is 0 Å². The lowest BCUT2D eigenvalue weighted by atomic mass is 9.76. The Hall–Kier alpha value is -1.71. The second-order valence-corrected chi connectivity index (χ2v) is 5.27. The van der Waals surface area contributed by atoms with E-state index in [1.807, 2.05) is 19.1 Å². The van der Waals surface area contributed by atoms with Gasteiger partial charge in [-0.05, 0) is 30.9 Å². The molecule has 0 unspecified atom stereocenters. The molecule has 102 valence electrons. The van der Waals surface area contributed by atoms with Crippen LogP contribution in [-0.4, -0.2) is 17.9 Å². The Morgan fingerprint density at radius 1 is 1.32 bits per heavy atom. The maximum atomic E-state index is 11.8. The van der Waals surface area contributed by atoms with Crippen molar-refractivity contribution in [2.75, 3.05) is 6.79 Å². The summed E-state index contributed by atoms with van der Waals surface area (Å²) in [5, 5.41) is 9.71. The number of benzene rings is 1. The van der Waals surface area contributed by atoms with E-state index in [0.717, 1.165) is 54.7 Å². The van der Waals surface area contributed by atoms with E-state index in [0.29, 0.717) is 0 Å². The van der Waals surface area contributed by atoms with Gasteiger partial charge in [0.05, 0.1) is 5.41 Å². The van der Waals surface area contributed by atoms with Gasteiger partial charge in [0.25, 0.3) is 0 Å². The second-order valence-electron chi connectivity index (χ2n) is 5.27. The minimum atomic E-state index is -0.730. The SMILES string of the molecule is CCc1c(C2(C(=O)O)CCCC2)ccc2c1OCO2. The number of hydrogen-bond donors (Lipinski definition) is 1. The van der Waals surface area contributed by atoms with E-state index in [9.17, 15) is 9.90 Å². The van der Waals surface area contributed by atoms with Gasteiger partial charge in [0, 0.05) is 5.56 Å². The first-order valence-corrected chi connectivity index (χ1v) is 6.84. The van der Waals surface area contributed by atoms with Crippen molar-refractivity contribution >= 4 is 5.97 Å². The van der Waals surface area contributed by atoms with Gasteiger partial charge >= 0.3 is 5.97 Å². The van der Waals surface area contributed by atoms with Gasteiger partial charge in [-0.1, -0.05) is 25.8 Å². The Balaban J connectivity index is 2.17. The average Bonchev–Trinajstić information content (AvgIpc) is 3.06. The molecule has 1 fully saturated rings. The summed E-state index contributed by atoms with van der Waals surface area (Å²) in [5.41, 5.74) is 1.19. The van der Waals surface area contributed by atoms with E-state index in [4.69, 9.17) is 9.47 Å². The molecule has 1 aromatic carbocycles. The molecule has 1 saturated carbocycles. The Morgan fingerprint density at radius 2 is 2.05 bits per heavy atom. The number of ether oxygens (including phenoxy) is 2. The third-order valence-corrected chi connectivity index (χ3v) is 4.38. The Morgan fingerprint density at radius 3 is 2.68 bits per heavy atom. The first-order valence-electron chi connectivity index (χ1n) is 6.84. The van der Waals surface area contributed by atoms with Gasteiger partial charge in [-0.3, -0.25) is 4.79 Å². The molecule has 4 nitrogen and oxygen atoms in total. The van der Waals surface area contributed by atoms with Crippen molar-refractivity contribution in [1.29, 1.82) is 0 Å². The van der Waals surface area contributed by atoms with Gasteiger partial charge in [-0.25, -0.2) is 0 Å². The number of carbonyl (C=O) groups is 1. The van der Waals surface area contributed by atoms with Crippen LogP contribution in [0.4, 0.5) is 0 Å². The van der Waals surface area contributed by atoms with Crippen LogP contribution in [0.1, 0.15) is 43.7 Å². The molecule has 4 heteroatoms. The molecule has 1 heterocycles. The maximum absolute atomic E-state index is 11.8. The van der Waals surface area contributed by atoms with Crippen molar-refractivity contribution in [2.24, 2.45) is 0 Å². The lowest BCUT2D eigenvalue weighted by molar-refractivity contribution is -0.143. The zero-order valence-electron chi connectivity index (χ0n) is 11.1. The van der Waals surface area contributed by atoms with Crippen LogP contribution >= 0.6 is 0 Å². The third-order valence-electron chi connectivity index (χ3n) is 4.38. The highest BCUT2D eigenvalue weighted by Crippen LogP contribution is 2.47. The lowest BCUT2D eigenvalue weighted by Gasteiger charge is -2.27. The fraction of sp³-hybridized carbons (Fsp3) is 0.533. The van der Waals surface area contributed by atoms with Crippen molar-refractivity contribution in [3.05, 3.63) is 23.3 Å². The highest BCUT2D eigenvalue weighted by molar-refractivity contribution is 5.83. The molecule has 19 heavy (non-hydrogen) atoms. The van der Waals surface area contributed by atoms with Crippen LogP contribution in [0.25, 0.3) is 0 Å². The quantitative estimate of drug-likeness (QED) is 0.910. The third kappa shape index (κ3) is 1.70. The van der Waals surface area contributed by atoms with Crippen molar-refractivity contribution in [2.45, 2.75) is 44.4 Å². The van der Waals surface area contributed by atoms with Gasteiger partial charge < -0.3 is 14.6 Å². The molecule has 3 rings (SSSR count). The molecular weight excluding hydrogens is 244 g/mol. The number of fused-ring (bicyclic) bond motifs is 1. The molecule has 0 spiro atoms. The molecule has 2 aliphatic rings. The fourth-order valence-electron chi connectivity index (χ4n) is 3.41. The van der Waals surface area contributed by atoms with Crippen LogP contribution in [0.3, 0.4) is 0 Å². The molecule has 0 aromatic heterocycles. The van der Waals surface area contributed by atoms with E-state index in [2.05, 4.69) is 0 Å². The second kappa shape index (κ2) is 4.44. The largest absolute Gasteiger partial charge is 0.481 e. The number of rotatable bonds is 3. The summed E-state index contributed by atoms with van der Waals surface area (Å²) >= 11 is 0. The van der Waals surface area contributed by atoms with Gasteiger partial charge in [0.15, 0.2) is 11.5 Å².